The number of carbonyl (C=O) groups is 1. The molecule has 1 fully saturated rings. The zero-order valence-electron chi connectivity index (χ0n) is 7.63. The molecule has 0 aliphatic heterocycles. The molecule has 1 aliphatic carbocycles. The summed E-state index contributed by atoms with van der Waals surface area (Å²) in [6.07, 6.45) is 1.23. The van der Waals surface area contributed by atoms with Gasteiger partial charge < -0.3 is 17.2 Å². The highest BCUT2D eigenvalue weighted by atomic mass is 16.1. The van der Waals surface area contributed by atoms with Gasteiger partial charge in [0.1, 0.15) is 0 Å². The Morgan fingerprint density at radius 1 is 1.50 bits per heavy atom. The molecule has 0 spiro atoms. The molecule has 1 aliphatic rings. The monoisotopic (exact) mass is 171 g/mol. The lowest BCUT2D eigenvalue weighted by Gasteiger charge is -2.51. The smallest absolute Gasteiger partial charge is 0.225 e. The first-order valence-corrected chi connectivity index (χ1v) is 4.14. The fourth-order valence-electron chi connectivity index (χ4n) is 1.88. The average Bonchev–Trinajstić information content (AvgIpc) is 1.76. The summed E-state index contributed by atoms with van der Waals surface area (Å²) in [5.41, 5.74) is 15.7. The van der Waals surface area contributed by atoms with Crippen molar-refractivity contribution in [2.45, 2.75) is 38.3 Å². The molecule has 0 aromatic carbocycles. The van der Waals surface area contributed by atoms with E-state index in [1.165, 1.54) is 0 Å². The van der Waals surface area contributed by atoms with Gasteiger partial charge in [-0.3, -0.25) is 4.79 Å². The van der Waals surface area contributed by atoms with E-state index in [0.29, 0.717) is 12.8 Å². The van der Waals surface area contributed by atoms with Crippen molar-refractivity contribution in [2.75, 3.05) is 0 Å². The van der Waals surface area contributed by atoms with Crippen molar-refractivity contribution in [3.8, 4) is 0 Å². The standard InChI is InChI=1S/C8H17N3O/c1-7(2,11)8(6(10)12)3-5(9)4-8/h5H,3-4,9,11H2,1-2H3,(H2,10,12). The zero-order valence-corrected chi connectivity index (χ0v) is 7.63. The van der Waals surface area contributed by atoms with Gasteiger partial charge in [-0.2, -0.15) is 0 Å². The van der Waals surface area contributed by atoms with E-state index >= 15 is 0 Å². The van der Waals surface area contributed by atoms with Crippen molar-refractivity contribution >= 4 is 5.91 Å². The van der Waals surface area contributed by atoms with Crippen LogP contribution in [0.3, 0.4) is 0 Å². The van der Waals surface area contributed by atoms with Crippen LogP contribution >= 0.6 is 0 Å². The SMILES string of the molecule is CC(C)(N)C1(C(N)=O)CC(N)C1. The van der Waals surface area contributed by atoms with E-state index < -0.39 is 11.0 Å². The molecule has 4 nitrogen and oxygen atoms in total. The van der Waals surface area contributed by atoms with Crippen molar-refractivity contribution < 1.29 is 4.79 Å². The molecule has 0 bridgehead atoms. The highest BCUT2D eigenvalue weighted by Gasteiger charge is 2.55. The van der Waals surface area contributed by atoms with Crippen LogP contribution in [0.2, 0.25) is 0 Å². The maximum absolute atomic E-state index is 11.2. The second-order valence-electron chi connectivity index (χ2n) is 4.34. The molecular formula is C8H17N3O. The molecule has 6 N–H and O–H groups in total. The van der Waals surface area contributed by atoms with Gasteiger partial charge in [-0.1, -0.05) is 0 Å². The van der Waals surface area contributed by atoms with E-state index in [-0.39, 0.29) is 11.9 Å². The lowest BCUT2D eigenvalue weighted by Crippen LogP contribution is -2.66. The molecule has 0 radical (unpaired) electrons. The van der Waals surface area contributed by atoms with Crippen LogP contribution in [0.1, 0.15) is 26.7 Å². The van der Waals surface area contributed by atoms with Crippen LogP contribution in [-0.4, -0.2) is 17.5 Å². The van der Waals surface area contributed by atoms with E-state index in [1.54, 1.807) is 0 Å². The molecule has 0 heterocycles. The third-order valence-electron chi connectivity index (χ3n) is 2.93. The lowest BCUT2D eigenvalue weighted by atomic mass is 9.56. The van der Waals surface area contributed by atoms with E-state index in [0.717, 1.165) is 0 Å². The fraction of sp³-hybridized carbons (Fsp3) is 0.875. The number of carbonyl (C=O) groups excluding carboxylic acids is 1. The minimum absolute atomic E-state index is 0.0836. The Balaban J connectivity index is 2.84. The van der Waals surface area contributed by atoms with Gasteiger partial charge in [0.15, 0.2) is 0 Å². The van der Waals surface area contributed by atoms with Crippen molar-refractivity contribution in [1.29, 1.82) is 0 Å². The highest BCUT2D eigenvalue weighted by Crippen LogP contribution is 2.46. The molecule has 0 atom stereocenters. The predicted octanol–water partition coefficient (Wildman–Crippen LogP) is -0.683. The number of primary amides is 1. The largest absolute Gasteiger partial charge is 0.369 e. The predicted molar refractivity (Wildman–Crippen MR) is 47.1 cm³/mol. The molecule has 0 aromatic heterocycles. The molecule has 4 heteroatoms. The average molecular weight is 171 g/mol. The van der Waals surface area contributed by atoms with E-state index in [9.17, 15) is 4.79 Å². The number of hydrogen-bond acceptors (Lipinski definition) is 3. The minimum Gasteiger partial charge on any atom is -0.369 e. The van der Waals surface area contributed by atoms with Crippen LogP contribution in [0.15, 0.2) is 0 Å². The summed E-state index contributed by atoms with van der Waals surface area (Å²) in [6, 6.07) is 0.0836. The van der Waals surface area contributed by atoms with Gasteiger partial charge in [0.25, 0.3) is 0 Å². The molecule has 1 amide bonds. The van der Waals surface area contributed by atoms with Gasteiger partial charge in [0, 0.05) is 11.6 Å². The van der Waals surface area contributed by atoms with E-state index in [4.69, 9.17) is 17.2 Å². The Morgan fingerprint density at radius 3 is 2.00 bits per heavy atom. The third-order valence-corrected chi connectivity index (χ3v) is 2.93. The normalized spacial score (nSPS) is 35.8. The Kier molecular flexibility index (Phi) is 1.92. The number of amides is 1. The summed E-state index contributed by atoms with van der Waals surface area (Å²) in [6.45, 7) is 3.65. The van der Waals surface area contributed by atoms with Gasteiger partial charge in [-0.15, -0.1) is 0 Å². The summed E-state index contributed by atoms with van der Waals surface area (Å²) in [5, 5.41) is 0. The first-order valence-electron chi connectivity index (χ1n) is 4.14. The molecule has 70 valence electrons. The first kappa shape index (κ1) is 9.48. The second kappa shape index (κ2) is 2.44. The van der Waals surface area contributed by atoms with Crippen molar-refractivity contribution in [3.63, 3.8) is 0 Å². The van der Waals surface area contributed by atoms with Gasteiger partial charge in [0.2, 0.25) is 5.91 Å². The van der Waals surface area contributed by atoms with Crippen LogP contribution in [0.4, 0.5) is 0 Å². The molecule has 1 rings (SSSR count). The molecule has 0 saturated heterocycles. The summed E-state index contributed by atoms with van der Waals surface area (Å²) in [5.74, 6) is -0.322. The fourth-order valence-corrected chi connectivity index (χ4v) is 1.88. The minimum atomic E-state index is -0.577. The van der Waals surface area contributed by atoms with Gasteiger partial charge in [-0.25, -0.2) is 0 Å². The highest BCUT2D eigenvalue weighted by molar-refractivity contribution is 5.83. The summed E-state index contributed by atoms with van der Waals surface area (Å²) < 4.78 is 0. The first-order chi connectivity index (χ1) is 5.29. The Labute approximate surface area is 72.5 Å². The molecule has 0 unspecified atom stereocenters. The van der Waals surface area contributed by atoms with Crippen LogP contribution in [0.5, 0.6) is 0 Å². The number of hydrogen-bond donors (Lipinski definition) is 3. The molecule has 0 aromatic rings. The van der Waals surface area contributed by atoms with Crippen LogP contribution in [-0.2, 0) is 4.79 Å². The third kappa shape index (κ3) is 1.11. The van der Waals surface area contributed by atoms with Crippen LogP contribution in [0, 0.1) is 5.41 Å². The lowest BCUT2D eigenvalue weighted by molar-refractivity contribution is -0.138. The topological polar surface area (TPSA) is 95.1 Å². The maximum Gasteiger partial charge on any atom is 0.225 e. The van der Waals surface area contributed by atoms with Crippen molar-refractivity contribution in [1.82, 2.24) is 0 Å². The van der Waals surface area contributed by atoms with E-state index in [2.05, 4.69) is 0 Å². The molecular weight excluding hydrogens is 154 g/mol. The van der Waals surface area contributed by atoms with Gasteiger partial charge in [-0.05, 0) is 26.7 Å². The Hall–Kier alpha value is -0.610. The molecule has 1 saturated carbocycles. The summed E-state index contributed by atoms with van der Waals surface area (Å²) >= 11 is 0. The quantitative estimate of drug-likeness (QED) is 0.513. The van der Waals surface area contributed by atoms with Gasteiger partial charge in [0.05, 0.1) is 5.41 Å². The second-order valence-corrected chi connectivity index (χ2v) is 4.34. The van der Waals surface area contributed by atoms with Crippen LogP contribution in [0.25, 0.3) is 0 Å². The maximum atomic E-state index is 11.2. The zero-order chi connectivity index (χ0) is 9.57. The van der Waals surface area contributed by atoms with Crippen LogP contribution < -0.4 is 17.2 Å². The van der Waals surface area contributed by atoms with Crippen molar-refractivity contribution in [3.05, 3.63) is 0 Å². The Bertz CT molecular complexity index is 201. The Morgan fingerprint density at radius 2 is 1.92 bits per heavy atom. The van der Waals surface area contributed by atoms with Gasteiger partial charge >= 0.3 is 0 Å². The summed E-state index contributed by atoms with van der Waals surface area (Å²) in [4.78, 5) is 11.2. The number of nitrogens with two attached hydrogens (primary N) is 3. The number of rotatable bonds is 2. The summed E-state index contributed by atoms with van der Waals surface area (Å²) in [7, 11) is 0. The molecule has 12 heavy (non-hydrogen) atoms. The van der Waals surface area contributed by atoms with E-state index in [1.807, 2.05) is 13.8 Å². The van der Waals surface area contributed by atoms with Crippen molar-refractivity contribution in [2.24, 2.45) is 22.6 Å².